The molecule has 18 heavy (non-hydrogen) atoms. The number of benzene rings is 1. The van der Waals surface area contributed by atoms with Gasteiger partial charge in [0.1, 0.15) is 5.82 Å². The predicted octanol–water partition coefficient (Wildman–Crippen LogP) is 4.01. The highest BCUT2D eigenvalue weighted by molar-refractivity contribution is 7.99. The van der Waals surface area contributed by atoms with E-state index in [1.165, 1.54) is 18.2 Å². The van der Waals surface area contributed by atoms with Crippen molar-refractivity contribution in [3.63, 3.8) is 0 Å². The normalized spacial score (nSPS) is 24.8. The highest BCUT2D eigenvalue weighted by Gasteiger charge is 2.29. The van der Waals surface area contributed by atoms with E-state index in [2.05, 4.69) is 19.2 Å². The highest BCUT2D eigenvalue weighted by atomic mass is 32.2. The lowest BCUT2D eigenvalue weighted by Crippen LogP contribution is -2.41. The van der Waals surface area contributed by atoms with Crippen LogP contribution < -0.4 is 5.32 Å². The Balaban J connectivity index is 1.99. The summed E-state index contributed by atoms with van der Waals surface area (Å²) < 4.78 is 13.7. The topological polar surface area (TPSA) is 12.0 Å². The molecule has 3 heteroatoms. The van der Waals surface area contributed by atoms with Crippen molar-refractivity contribution in [1.29, 1.82) is 0 Å². The molecule has 1 aliphatic rings. The molecule has 0 aromatic heterocycles. The number of rotatable bonds is 3. The first-order valence-electron chi connectivity index (χ1n) is 6.56. The van der Waals surface area contributed by atoms with Gasteiger partial charge in [-0.25, -0.2) is 4.39 Å². The van der Waals surface area contributed by atoms with Crippen LogP contribution >= 0.6 is 11.8 Å². The van der Waals surface area contributed by atoms with Crippen LogP contribution in [0.1, 0.15) is 38.8 Å². The molecule has 1 aromatic carbocycles. The molecule has 0 radical (unpaired) electrons. The van der Waals surface area contributed by atoms with Gasteiger partial charge in [0.25, 0.3) is 0 Å². The van der Waals surface area contributed by atoms with Crippen LogP contribution in [-0.4, -0.2) is 17.5 Å². The minimum Gasteiger partial charge on any atom is -0.306 e. The van der Waals surface area contributed by atoms with E-state index in [-0.39, 0.29) is 11.9 Å². The van der Waals surface area contributed by atoms with Crippen molar-refractivity contribution in [3.8, 4) is 0 Å². The number of hydrogen-bond acceptors (Lipinski definition) is 2. The summed E-state index contributed by atoms with van der Waals surface area (Å²) in [7, 11) is 0. The van der Waals surface area contributed by atoms with Crippen molar-refractivity contribution in [2.75, 3.05) is 11.5 Å². The van der Waals surface area contributed by atoms with Gasteiger partial charge in [-0.05, 0) is 30.6 Å². The molecular weight excluding hydrogens is 245 g/mol. The Morgan fingerprint density at radius 2 is 2.11 bits per heavy atom. The largest absolute Gasteiger partial charge is 0.306 e. The summed E-state index contributed by atoms with van der Waals surface area (Å²) in [5, 5.41) is 3.57. The van der Waals surface area contributed by atoms with Gasteiger partial charge in [-0.1, -0.05) is 32.0 Å². The molecule has 1 saturated heterocycles. The van der Waals surface area contributed by atoms with Crippen LogP contribution in [0.25, 0.3) is 0 Å². The average molecular weight is 267 g/mol. The third-order valence-electron chi connectivity index (χ3n) is 3.47. The minimum absolute atomic E-state index is 0.0747. The van der Waals surface area contributed by atoms with Gasteiger partial charge < -0.3 is 5.32 Å². The fourth-order valence-corrected chi connectivity index (χ4v) is 3.93. The summed E-state index contributed by atoms with van der Waals surface area (Å²) in [6, 6.07) is 7.60. The van der Waals surface area contributed by atoms with Gasteiger partial charge in [-0.15, -0.1) is 0 Å². The van der Waals surface area contributed by atoms with Gasteiger partial charge in [-0.2, -0.15) is 11.8 Å². The lowest BCUT2D eigenvalue weighted by Gasteiger charge is -2.36. The van der Waals surface area contributed by atoms with Crippen molar-refractivity contribution in [2.45, 2.75) is 39.3 Å². The molecular formula is C15H22FNS. The Morgan fingerprint density at radius 3 is 2.78 bits per heavy atom. The van der Waals surface area contributed by atoms with E-state index in [0.29, 0.717) is 11.5 Å². The molecule has 100 valence electrons. The van der Waals surface area contributed by atoms with Crippen molar-refractivity contribution in [3.05, 3.63) is 35.6 Å². The molecule has 0 spiro atoms. The van der Waals surface area contributed by atoms with Gasteiger partial charge in [0.2, 0.25) is 0 Å². The minimum atomic E-state index is -0.111. The fraction of sp³-hybridized carbons (Fsp3) is 0.600. The third kappa shape index (κ3) is 3.48. The van der Waals surface area contributed by atoms with Crippen LogP contribution in [0.4, 0.5) is 4.39 Å². The summed E-state index contributed by atoms with van der Waals surface area (Å²) in [6.45, 7) is 6.66. The first-order chi connectivity index (χ1) is 8.48. The predicted molar refractivity (Wildman–Crippen MR) is 77.5 cm³/mol. The van der Waals surface area contributed by atoms with Crippen LogP contribution in [0.3, 0.4) is 0 Å². The molecule has 0 aliphatic carbocycles. The third-order valence-corrected chi connectivity index (χ3v) is 5.09. The monoisotopic (exact) mass is 267 g/mol. The molecule has 1 aliphatic heterocycles. The Labute approximate surface area is 114 Å². The van der Waals surface area contributed by atoms with Gasteiger partial charge in [-0.3, -0.25) is 0 Å². The van der Waals surface area contributed by atoms with Gasteiger partial charge >= 0.3 is 0 Å². The maximum absolute atomic E-state index is 13.7. The summed E-state index contributed by atoms with van der Waals surface area (Å²) in [6.07, 6.45) is 1.17. The SMILES string of the molecule is C[C@@H](NC1CSCC(C)(C)C1)c1ccccc1F. The molecule has 2 atom stereocenters. The standard InChI is InChI=1S/C15H22FNS/c1-11(13-6-4-5-7-14(13)16)17-12-8-15(2,3)10-18-9-12/h4-7,11-12,17H,8-10H2,1-3H3/t11-,12?/m1/s1. The lowest BCUT2D eigenvalue weighted by atomic mass is 9.87. The summed E-state index contributed by atoms with van der Waals surface area (Å²) >= 11 is 2.00. The zero-order valence-electron chi connectivity index (χ0n) is 11.4. The molecule has 2 rings (SSSR count). The van der Waals surface area contributed by atoms with Crippen LogP contribution in [0, 0.1) is 11.2 Å². The van der Waals surface area contributed by atoms with Crippen LogP contribution in [0.15, 0.2) is 24.3 Å². The molecule has 0 amide bonds. The molecule has 1 unspecified atom stereocenters. The van der Waals surface area contributed by atoms with Crippen molar-refractivity contribution < 1.29 is 4.39 Å². The maximum atomic E-state index is 13.7. The number of thioether (sulfide) groups is 1. The zero-order chi connectivity index (χ0) is 13.2. The van der Waals surface area contributed by atoms with Crippen LogP contribution in [-0.2, 0) is 0 Å². The molecule has 1 fully saturated rings. The van der Waals surface area contributed by atoms with E-state index in [0.717, 1.165) is 11.3 Å². The van der Waals surface area contributed by atoms with Crippen molar-refractivity contribution in [2.24, 2.45) is 5.41 Å². The van der Waals surface area contributed by atoms with E-state index < -0.39 is 0 Å². The lowest BCUT2D eigenvalue weighted by molar-refractivity contribution is 0.303. The van der Waals surface area contributed by atoms with Crippen LogP contribution in [0.5, 0.6) is 0 Å². The quantitative estimate of drug-likeness (QED) is 0.888. The summed E-state index contributed by atoms with van der Waals surface area (Å²) in [4.78, 5) is 0. The van der Waals surface area contributed by atoms with Gasteiger partial charge in [0, 0.05) is 23.4 Å². The first-order valence-corrected chi connectivity index (χ1v) is 7.72. The smallest absolute Gasteiger partial charge is 0.127 e. The molecule has 0 bridgehead atoms. The molecule has 1 aromatic rings. The fourth-order valence-electron chi connectivity index (χ4n) is 2.64. The molecule has 0 saturated carbocycles. The number of hydrogen-bond donors (Lipinski definition) is 1. The van der Waals surface area contributed by atoms with E-state index in [9.17, 15) is 4.39 Å². The second-order valence-corrected chi connectivity index (χ2v) is 7.02. The Bertz CT molecular complexity index is 405. The van der Waals surface area contributed by atoms with E-state index in [4.69, 9.17) is 0 Å². The second-order valence-electron chi connectivity index (χ2n) is 5.99. The van der Waals surface area contributed by atoms with E-state index in [1.54, 1.807) is 6.07 Å². The summed E-state index contributed by atoms with van der Waals surface area (Å²) in [5.74, 6) is 2.24. The molecule has 1 heterocycles. The number of nitrogens with one attached hydrogen (secondary N) is 1. The second kappa shape index (κ2) is 5.62. The van der Waals surface area contributed by atoms with Crippen molar-refractivity contribution in [1.82, 2.24) is 5.32 Å². The number of halogens is 1. The first kappa shape index (κ1) is 13.9. The maximum Gasteiger partial charge on any atom is 0.127 e. The Hall–Kier alpha value is -0.540. The van der Waals surface area contributed by atoms with Crippen LogP contribution in [0.2, 0.25) is 0 Å². The highest BCUT2D eigenvalue weighted by Crippen LogP contribution is 2.34. The van der Waals surface area contributed by atoms with E-state index in [1.807, 2.05) is 30.8 Å². The van der Waals surface area contributed by atoms with E-state index >= 15 is 0 Å². The zero-order valence-corrected chi connectivity index (χ0v) is 12.2. The molecule has 1 N–H and O–H groups in total. The van der Waals surface area contributed by atoms with Gasteiger partial charge in [0.05, 0.1) is 0 Å². The Kier molecular flexibility index (Phi) is 4.33. The van der Waals surface area contributed by atoms with Crippen molar-refractivity contribution >= 4 is 11.8 Å². The molecule has 1 nitrogen and oxygen atoms in total. The Morgan fingerprint density at radius 1 is 1.39 bits per heavy atom. The average Bonchev–Trinajstić information content (AvgIpc) is 2.28. The van der Waals surface area contributed by atoms with Gasteiger partial charge in [0.15, 0.2) is 0 Å². The summed E-state index contributed by atoms with van der Waals surface area (Å²) in [5.41, 5.74) is 1.15.